The Morgan fingerprint density at radius 1 is 1.06 bits per heavy atom. The van der Waals surface area contributed by atoms with Gasteiger partial charge in [0.1, 0.15) is 6.54 Å². The van der Waals surface area contributed by atoms with Crippen LogP contribution in [0, 0.1) is 20.8 Å². The van der Waals surface area contributed by atoms with Gasteiger partial charge in [-0.15, -0.1) is 0 Å². The Morgan fingerprint density at radius 3 is 2.42 bits per heavy atom. The van der Waals surface area contributed by atoms with Crippen molar-refractivity contribution < 1.29 is 13.6 Å². The number of benzene rings is 1. The van der Waals surface area contributed by atoms with Crippen molar-refractivity contribution in [3.05, 3.63) is 65.1 Å². The molecule has 172 valence electrons. The van der Waals surface area contributed by atoms with Gasteiger partial charge in [-0.05, 0) is 39.8 Å². The maximum absolute atomic E-state index is 13.9. The number of hydrogen-bond donors (Lipinski definition) is 1. The van der Waals surface area contributed by atoms with Crippen LogP contribution in [-0.2, 0) is 17.9 Å². The number of aryl methyl sites for hydroxylation is 3. The SMILES string of the molecule is Cc1cc(C)n(CC(C)NC(=O)Cn2nc(C)c3c(C(F)F)cc(-c4ccccc4)nc32)n1. The number of carbonyl (C=O) groups is 1. The molecule has 3 heterocycles. The number of rotatable bonds is 7. The summed E-state index contributed by atoms with van der Waals surface area (Å²) in [4.78, 5) is 17.3. The van der Waals surface area contributed by atoms with E-state index >= 15 is 0 Å². The lowest BCUT2D eigenvalue weighted by Gasteiger charge is -2.15. The van der Waals surface area contributed by atoms with Gasteiger partial charge in [-0.3, -0.25) is 9.48 Å². The molecule has 9 heteroatoms. The molecule has 7 nitrogen and oxygen atoms in total. The van der Waals surface area contributed by atoms with Gasteiger partial charge in [0.25, 0.3) is 6.43 Å². The van der Waals surface area contributed by atoms with Crippen LogP contribution in [0.15, 0.2) is 42.5 Å². The van der Waals surface area contributed by atoms with E-state index < -0.39 is 6.43 Å². The minimum atomic E-state index is -2.69. The zero-order valence-corrected chi connectivity index (χ0v) is 19.0. The van der Waals surface area contributed by atoms with Crippen LogP contribution in [0.5, 0.6) is 0 Å². The van der Waals surface area contributed by atoms with Crippen LogP contribution >= 0.6 is 0 Å². The van der Waals surface area contributed by atoms with E-state index in [1.165, 1.54) is 10.7 Å². The number of hydrogen-bond acceptors (Lipinski definition) is 4. The number of carbonyl (C=O) groups excluding carboxylic acids is 1. The number of halogens is 2. The molecule has 1 amide bonds. The van der Waals surface area contributed by atoms with Crippen molar-refractivity contribution in [2.75, 3.05) is 0 Å². The fraction of sp³-hybridized carbons (Fsp3) is 0.333. The predicted molar refractivity (Wildman–Crippen MR) is 122 cm³/mol. The van der Waals surface area contributed by atoms with Crippen LogP contribution < -0.4 is 5.32 Å². The van der Waals surface area contributed by atoms with Crippen molar-refractivity contribution in [3.8, 4) is 11.3 Å². The van der Waals surface area contributed by atoms with Crippen LogP contribution in [0.25, 0.3) is 22.3 Å². The standard InChI is InChI=1S/C24H26F2N6O/c1-14-10-16(3)31(29-14)12-15(2)27-21(33)13-32-24-22(17(4)30-32)19(23(25)26)11-20(28-24)18-8-6-5-7-9-18/h5-11,15,23H,12-13H2,1-4H3,(H,27,33). The van der Waals surface area contributed by atoms with Crippen molar-refractivity contribution in [1.29, 1.82) is 0 Å². The van der Waals surface area contributed by atoms with E-state index in [2.05, 4.69) is 20.5 Å². The maximum Gasteiger partial charge on any atom is 0.264 e. The van der Waals surface area contributed by atoms with Crippen LogP contribution in [0.2, 0.25) is 0 Å². The lowest BCUT2D eigenvalue weighted by atomic mass is 10.1. The Bertz CT molecular complexity index is 1300. The van der Waals surface area contributed by atoms with Gasteiger partial charge in [0.2, 0.25) is 5.91 Å². The van der Waals surface area contributed by atoms with E-state index in [1.54, 1.807) is 6.92 Å². The predicted octanol–water partition coefficient (Wildman–Crippen LogP) is 4.36. The molecule has 4 aromatic rings. The zero-order chi connectivity index (χ0) is 23.7. The molecule has 0 fully saturated rings. The van der Waals surface area contributed by atoms with Crippen LogP contribution in [-0.4, -0.2) is 36.5 Å². The Morgan fingerprint density at radius 2 is 1.79 bits per heavy atom. The third-order valence-electron chi connectivity index (χ3n) is 5.46. The highest BCUT2D eigenvalue weighted by Gasteiger charge is 2.22. The van der Waals surface area contributed by atoms with E-state index in [-0.39, 0.29) is 35.1 Å². The molecule has 0 aliphatic carbocycles. The highest BCUT2D eigenvalue weighted by Crippen LogP contribution is 2.32. The largest absolute Gasteiger partial charge is 0.350 e. The van der Waals surface area contributed by atoms with Crippen molar-refractivity contribution in [3.63, 3.8) is 0 Å². The summed E-state index contributed by atoms with van der Waals surface area (Å²) in [5, 5.41) is 12.0. The third kappa shape index (κ3) is 4.76. The molecule has 4 rings (SSSR count). The lowest BCUT2D eigenvalue weighted by Crippen LogP contribution is -2.38. The average Bonchev–Trinajstić information content (AvgIpc) is 3.25. The molecule has 0 saturated carbocycles. The molecule has 3 aromatic heterocycles. The van der Waals surface area contributed by atoms with Gasteiger partial charge in [-0.2, -0.15) is 10.2 Å². The minimum Gasteiger partial charge on any atom is -0.350 e. The Kier molecular flexibility index (Phi) is 6.22. The highest BCUT2D eigenvalue weighted by molar-refractivity contribution is 5.87. The summed E-state index contributed by atoms with van der Waals surface area (Å²) < 4.78 is 31.1. The molecule has 1 aromatic carbocycles. The number of pyridine rings is 1. The summed E-state index contributed by atoms with van der Waals surface area (Å²) in [5.41, 5.74) is 3.61. The second-order valence-corrected chi connectivity index (χ2v) is 8.28. The van der Waals surface area contributed by atoms with Gasteiger partial charge in [-0.1, -0.05) is 30.3 Å². The van der Waals surface area contributed by atoms with Gasteiger partial charge in [0, 0.05) is 22.9 Å². The van der Waals surface area contributed by atoms with Crippen molar-refractivity contribution >= 4 is 16.9 Å². The number of alkyl halides is 2. The van der Waals surface area contributed by atoms with Crippen LogP contribution in [0.1, 0.15) is 36.0 Å². The molecule has 1 N–H and O–H groups in total. The first-order chi connectivity index (χ1) is 15.7. The summed E-state index contributed by atoms with van der Waals surface area (Å²) in [6.45, 7) is 7.82. The number of aromatic nitrogens is 5. The van der Waals surface area contributed by atoms with Crippen LogP contribution in [0.3, 0.4) is 0 Å². The number of nitrogens with one attached hydrogen (secondary N) is 1. The first-order valence-corrected chi connectivity index (χ1v) is 10.7. The molecule has 0 aliphatic rings. The Hall–Kier alpha value is -3.62. The minimum absolute atomic E-state index is 0.125. The van der Waals surface area contributed by atoms with Crippen molar-refractivity contribution in [1.82, 2.24) is 29.9 Å². The maximum atomic E-state index is 13.9. The molecule has 0 spiro atoms. The molecular formula is C24H26F2N6O. The fourth-order valence-corrected chi connectivity index (χ4v) is 4.05. The van der Waals surface area contributed by atoms with Gasteiger partial charge in [0.15, 0.2) is 5.65 Å². The average molecular weight is 453 g/mol. The first kappa shape index (κ1) is 22.6. The summed E-state index contributed by atoms with van der Waals surface area (Å²) in [6, 6.07) is 12.3. The quantitative estimate of drug-likeness (QED) is 0.452. The molecule has 0 radical (unpaired) electrons. The lowest BCUT2D eigenvalue weighted by molar-refractivity contribution is -0.122. The Balaban J connectivity index is 1.61. The number of fused-ring (bicyclic) bond motifs is 1. The van der Waals surface area contributed by atoms with E-state index in [0.717, 1.165) is 17.0 Å². The van der Waals surface area contributed by atoms with Crippen LogP contribution in [0.4, 0.5) is 8.78 Å². The van der Waals surface area contributed by atoms with E-state index in [0.29, 0.717) is 17.9 Å². The summed E-state index contributed by atoms with van der Waals surface area (Å²) in [6.07, 6.45) is -2.69. The third-order valence-corrected chi connectivity index (χ3v) is 5.46. The molecule has 1 unspecified atom stereocenters. The van der Waals surface area contributed by atoms with Gasteiger partial charge in [-0.25, -0.2) is 18.4 Å². The molecule has 1 atom stereocenters. The van der Waals surface area contributed by atoms with Crippen molar-refractivity contribution in [2.24, 2.45) is 0 Å². The van der Waals surface area contributed by atoms with Gasteiger partial charge in [0.05, 0.1) is 29.0 Å². The normalized spacial score (nSPS) is 12.5. The Labute approximate surface area is 190 Å². The molecule has 0 aliphatic heterocycles. The first-order valence-electron chi connectivity index (χ1n) is 10.7. The van der Waals surface area contributed by atoms with E-state index in [4.69, 9.17) is 0 Å². The van der Waals surface area contributed by atoms with E-state index in [1.807, 2.05) is 61.9 Å². The summed E-state index contributed by atoms with van der Waals surface area (Å²) >= 11 is 0. The summed E-state index contributed by atoms with van der Waals surface area (Å²) in [5.74, 6) is -0.279. The number of nitrogens with zero attached hydrogens (tertiary/aromatic N) is 5. The van der Waals surface area contributed by atoms with Gasteiger partial charge >= 0.3 is 0 Å². The van der Waals surface area contributed by atoms with Gasteiger partial charge < -0.3 is 5.32 Å². The fourth-order valence-electron chi connectivity index (χ4n) is 4.05. The topological polar surface area (TPSA) is 77.6 Å². The van der Waals surface area contributed by atoms with Crippen molar-refractivity contribution in [2.45, 2.75) is 53.3 Å². The molecule has 0 saturated heterocycles. The second-order valence-electron chi connectivity index (χ2n) is 8.28. The molecule has 0 bridgehead atoms. The summed E-state index contributed by atoms with van der Waals surface area (Å²) in [7, 11) is 0. The molecular weight excluding hydrogens is 426 g/mol. The monoisotopic (exact) mass is 452 g/mol. The zero-order valence-electron chi connectivity index (χ0n) is 19.0. The highest BCUT2D eigenvalue weighted by atomic mass is 19.3. The van der Waals surface area contributed by atoms with E-state index in [9.17, 15) is 13.6 Å². The molecule has 33 heavy (non-hydrogen) atoms. The second kappa shape index (κ2) is 9.09. The number of amides is 1. The smallest absolute Gasteiger partial charge is 0.264 e.